The van der Waals surface area contributed by atoms with Crippen LogP contribution in [0.2, 0.25) is 0 Å². The number of Topliss-reactive ketones (excluding diaryl/α,β-unsaturated/α-hetero) is 1. The lowest BCUT2D eigenvalue weighted by atomic mass is 10.1. The first kappa shape index (κ1) is 19.4. The summed E-state index contributed by atoms with van der Waals surface area (Å²) in [5.74, 6) is 0.491. The second-order valence-corrected chi connectivity index (χ2v) is 9.00. The number of nitrogens with one attached hydrogen (secondary N) is 1. The van der Waals surface area contributed by atoms with E-state index in [2.05, 4.69) is 15.5 Å². The van der Waals surface area contributed by atoms with E-state index in [1.807, 2.05) is 12.1 Å². The van der Waals surface area contributed by atoms with Gasteiger partial charge in [0.2, 0.25) is 11.0 Å². The number of ketones is 1. The Hall–Kier alpha value is -1.97. The van der Waals surface area contributed by atoms with Crippen molar-refractivity contribution < 1.29 is 14.3 Å². The first-order valence-corrected chi connectivity index (χ1v) is 11.2. The zero-order valence-electron chi connectivity index (χ0n) is 15.4. The highest BCUT2D eigenvalue weighted by atomic mass is 32.2. The van der Waals surface area contributed by atoms with E-state index >= 15 is 0 Å². The summed E-state index contributed by atoms with van der Waals surface area (Å²) in [6.45, 7) is 2.33. The van der Waals surface area contributed by atoms with Crippen LogP contribution in [0.15, 0.2) is 28.6 Å². The Morgan fingerprint density at radius 2 is 2.14 bits per heavy atom. The third-order valence-corrected chi connectivity index (χ3v) is 6.83. The minimum Gasteiger partial charge on any atom is -0.376 e. The van der Waals surface area contributed by atoms with Crippen molar-refractivity contribution in [3.8, 4) is 0 Å². The number of hydrogen-bond donors (Lipinski definition) is 1. The van der Waals surface area contributed by atoms with Crippen LogP contribution in [0.3, 0.4) is 0 Å². The molecule has 1 aromatic carbocycles. The molecule has 0 saturated carbocycles. The number of thioether (sulfide) groups is 1. The number of aromatic nitrogens is 2. The lowest BCUT2D eigenvalue weighted by Crippen LogP contribution is -2.23. The van der Waals surface area contributed by atoms with Crippen LogP contribution in [0.1, 0.15) is 36.0 Å². The van der Waals surface area contributed by atoms with Crippen LogP contribution in [-0.4, -0.2) is 53.4 Å². The Labute approximate surface area is 171 Å². The maximum atomic E-state index is 12.4. The average Bonchev–Trinajstić information content (AvgIpc) is 3.47. The summed E-state index contributed by atoms with van der Waals surface area (Å²) in [4.78, 5) is 26.0. The molecular weight excluding hydrogens is 396 g/mol. The van der Waals surface area contributed by atoms with Crippen molar-refractivity contribution in [2.75, 3.05) is 35.7 Å². The standard InChI is InChI=1S/C19H22N4O3S2/c24-16(13-5-7-14(8-6-13)23-9-1-4-17(23)25)12-27-19-22-21-18(28-19)20-11-15-3-2-10-26-15/h5-8,15H,1-4,9-12H2,(H,20,21). The maximum absolute atomic E-state index is 12.4. The fraction of sp³-hybridized carbons (Fsp3) is 0.474. The Morgan fingerprint density at radius 3 is 2.86 bits per heavy atom. The second-order valence-electron chi connectivity index (χ2n) is 6.80. The predicted octanol–water partition coefficient (Wildman–Crippen LogP) is 3.23. The largest absolute Gasteiger partial charge is 0.376 e. The molecule has 7 nitrogen and oxygen atoms in total. The van der Waals surface area contributed by atoms with Crippen molar-refractivity contribution in [3.63, 3.8) is 0 Å². The molecular formula is C19H22N4O3S2. The zero-order valence-corrected chi connectivity index (χ0v) is 17.1. The summed E-state index contributed by atoms with van der Waals surface area (Å²) in [5, 5.41) is 12.3. The van der Waals surface area contributed by atoms with E-state index < -0.39 is 0 Å². The Balaban J connectivity index is 1.26. The van der Waals surface area contributed by atoms with Gasteiger partial charge in [-0.1, -0.05) is 23.1 Å². The van der Waals surface area contributed by atoms with Crippen LogP contribution in [0.5, 0.6) is 0 Å². The maximum Gasteiger partial charge on any atom is 0.227 e. The zero-order chi connectivity index (χ0) is 19.3. The Bertz CT molecular complexity index is 834. The van der Waals surface area contributed by atoms with Gasteiger partial charge in [-0.15, -0.1) is 10.2 Å². The van der Waals surface area contributed by atoms with Crippen LogP contribution >= 0.6 is 23.1 Å². The summed E-state index contributed by atoms with van der Waals surface area (Å²) in [6, 6.07) is 7.27. The monoisotopic (exact) mass is 418 g/mol. The fourth-order valence-corrected chi connectivity index (χ4v) is 4.96. The van der Waals surface area contributed by atoms with E-state index in [1.165, 1.54) is 23.1 Å². The molecule has 2 aromatic rings. The van der Waals surface area contributed by atoms with Gasteiger partial charge in [-0.2, -0.15) is 0 Å². The molecule has 1 atom stereocenters. The number of anilines is 2. The Morgan fingerprint density at radius 1 is 1.29 bits per heavy atom. The average molecular weight is 419 g/mol. The van der Waals surface area contributed by atoms with Gasteiger partial charge in [-0.25, -0.2) is 0 Å². The molecule has 1 amide bonds. The van der Waals surface area contributed by atoms with Crippen molar-refractivity contribution in [2.24, 2.45) is 0 Å². The quantitative estimate of drug-likeness (QED) is 0.520. The van der Waals surface area contributed by atoms with Crippen molar-refractivity contribution >= 4 is 45.6 Å². The third-order valence-electron chi connectivity index (χ3n) is 4.81. The number of nitrogens with zero attached hydrogens (tertiary/aromatic N) is 3. The smallest absolute Gasteiger partial charge is 0.227 e. The van der Waals surface area contributed by atoms with Gasteiger partial charge in [0.05, 0.1) is 11.9 Å². The third kappa shape index (κ3) is 4.71. The molecule has 3 heterocycles. The number of ether oxygens (including phenoxy) is 1. The van der Waals surface area contributed by atoms with Crippen molar-refractivity contribution in [1.29, 1.82) is 0 Å². The molecule has 0 aliphatic carbocycles. The minimum atomic E-state index is 0.0355. The van der Waals surface area contributed by atoms with E-state index in [1.54, 1.807) is 17.0 Å². The molecule has 0 spiro atoms. The first-order valence-electron chi connectivity index (χ1n) is 9.44. The van der Waals surface area contributed by atoms with E-state index in [4.69, 9.17) is 4.74 Å². The van der Waals surface area contributed by atoms with Gasteiger partial charge in [0.1, 0.15) is 0 Å². The van der Waals surface area contributed by atoms with Crippen molar-refractivity contribution in [1.82, 2.24) is 10.2 Å². The van der Waals surface area contributed by atoms with Crippen molar-refractivity contribution in [3.05, 3.63) is 29.8 Å². The molecule has 0 bridgehead atoms. The minimum absolute atomic E-state index is 0.0355. The predicted molar refractivity (Wildman–Crippen MR) is 110 cm³/mol. The summed E-state index contributed by atoms with van der Waals surface area (Å²) in [7, 11) is 0. The van der Waals surface area contributed by atoms with Gasteiger partial charge in [-0.05, 0) is 43.5 Å². The molecule has 2 saturated heterocycles. The molecule has 9 heteroatoms. The number of rotatable bonds is 8. The summed E-state index contributed by atoms with van der Waals surface area (Å²) < 4.78 is 6.34. The van der Waals surface area contributed by atoms with Gasteiger partial charge < -0.3 is 15.0 Å². The molecule has 2 aliphatic heterocycles. The normalized spacial score (nSPS) is 19.4. The Kier molecular flexibility index (Phi) is 6.23. The van der Waals surface area contributed by atoms with Gasteiger partial charge in [0.15, 0.2) is 10.1 Å². The highest BCUT2D eigenvalue weighted by molar-refractivity contribution is 8.01. The first-order chi connectivity index (χ1) is 13.7. The lowest BCUT2D eigenvalue weighted by molar-refractivity contribution is -0.117. The molecule has 4 rings (SSSR count). The van der Waals surface area contributed by atoms with Gasteiger partial charge in [0, 0.05) is 37.4 Å². The van der Waals surface area contributed by atoms with Crippen molar-refractivity contribution in [2.45, 2.75) is 36.1 Å². The summed E-state index contributed by atoms with van der Waals surface area (Å²) >= 11 is 2.84. The van der Waals surface area contributed by atoms with Crippen LogP contribution in [0.25, 0.3) is 0 Å². The summed E-state index contributed by atoms with van der Waals surface area (Å²) in [6.07, 6.45) is 3.93. The molecule has 1 N–H and O–H groups in total. The molecule has 1 aromatic heterocycles. The van der Waals surface area contributed by atoms with E-state index in [0.29, 0.717) is 17.7 Å². The number of benzene rings is 1. The molecule has 1 unspecified atom stereocenters. The van der Waals surface area contributed by atoms with Gasteiger partial charge >= 0.3 is 0 Å². The van der Waals surface area contributed by atoms with E-state index in [0.717, 1.165) is 54.1 Å². The van der Waals surface area contributed by atoms with Crippen LogP contribution < -0.4 is 10.2 Å². The van der Waals surface area contributed by atoms with E-state index in [9.17, 15) is 9.59 Å². The fourth-order valence-electron chi connectivity index (χ4n) is 3.31. The molecule has 0 radical (unpaired) electrons. The molecule has 2 aliphatic rings. The van der Waals surface area contributed by atoms with Gasteiger partial charge in [-0.3, -0.25) is 9.59 Å². The lowest BCUT2D eigenvalue weighted by Gasteiger charge is -2.15. The molecule has 148 valence electrons. The number of carbonyl (C=O) groups is 2. The summed E-state index contributed by atoms with van der Waals surface area (Å²) in [5.41, 5.74) is 1.50. The second kappa shape index (κ2) is 9.02. The van der Waals surface area contributed by atoms with Crippen LogP contribution in [-0.2, 0) is 9.53 Å². The van der Waals surface area contributed by atoms with Gasteiger partial charge in [0.25, 0.3) is 0 Å². The number of hydrogen-bond acceptors (Lipinski definition) is 8. The number of carbonyl (C=O) groups excluding carboxylic acids is 2. The van der Waals surface area contributed by atoms with Crippen LogP contribution in [0.4, 0.5) is 10.8 Å². The molecule has 2 fully saturated rings. The topological polar surface area (TPSA) is 84.4 Å². The van der Waals surface area contributed by atoms with E-state index in [-0.39, 0.29) is 17.8 Å². The highest BCUT2D eigenvalue weighted by Gasteiger charge is 2.22. The molecule has 28 heavy (non-hydrogen) atoms. The van der Waals surface area contributed by atoms with Crippen LogP contribution in [0, 0.1) is 0 Å². The number of amides is 1. The SMILES string of the molecule is O=C(CSc1nnc(NCC2CCCO2)s1)c1ccc(N2CCCC2=O)cc1. The highest BCUT2D eigenvalue weighted by Crippen LogP contribution is 2.27.